The van der Waals surface area contributed by atoms with Crippen LogP contribution in [0.1, 0.15) is 46.4 Å². The molecule has 0 atom stereocenters. The quantitative estimate of drug-likeness (QED) is 0.925. The van der Waals surface area contributed by atoms with Crippen LogP contribution in [0.15, 0.2) is 48.5 Å². The summed E-state index contributed by atoms with van der Waals surface area (Å²) >= 11 is 0. The lowest BCUT2D eigenvalue weighted by Gasteiger charge is -2.24. The number of rotatable bonds is 4. The normalized spacial score (nSPS) is 14.3. The molecule has 1 N–H and O–H groups in total. The third-order valence-electron chi connectivity index (χ3n) is 5.03. The van der Waals surface area contributed by atoms with E-state index >= 15 is 0 Å². The Bertz CT molecular complexity index is 744. The van der Waals surface area contributed by atoms with Crippen molar-refractivity contribution in [1.82, 2.24) is 10.2 Å². The summed E-state index contributed by atoms with van der Waals surface area (Å²) in [4.78, 5) is 26.1. The Hall–Kier alpha value is -2.62. The van der Waals surface area contributed by atoms with E-state index in [2.05, 4.69) is 5.32 Å². The van der Waals surface area contributed by atoms with Gasteiger partial charge in [0, 0.05) is 31.3 Å². The minimum atomic E-state index is -0.0950. The van der Waals surface area contributed by atoms with Gasteiger partial charge in [0.1, 0.15) is 0 Å². The van der Waals surface area contributed by atoms with Gasteiger partial charge < -0.3 is 10.2 Å². The molecule has 0 unspecified atom stereocenters. The number of nitrogens with zero attached hydrogens (tertiary/aromatic N) is 1. The van der Waals surface area contributed by atoms with Gasteiger partial charge in [0.05, 0.1) is 0 Å². The maximum atomic E-state index is 12.6. The van der Waals surface area contributed by atoms with Crippen molar-refractivity contribution >= 4 is 11.8 Å². The molecule has 1 aliphatic carbocycles. The number of carbonyl (C=O) groups excluding carboxylic acids is 2. The molecule has 0 saturated heterocycles. The first kappa shape index (κ1) is 17.2. The third-order valence-corrected chi connectivity index (χ3v) is 5.03. The Labute approximate surface area is 148 Å². The largest absolute Gasteiger partial charge is 0.355 e. The lowest BCUT2D eigenvalue weighted by Crippen LogP contribution is -2.35. The molecule has 2 amide bonds. The molecule has 1 aliphatic rings. The van der Waals surface area contributed by atoms with Crippen molar-refractivity contribution in [2.24, 2.45) is 0 Å². The average molecular weight is 336 g/mol. The lowest BCUT2D eigenvalue weighted by atomic mass is 10.0. The van der Waals surface area contributed by atoms with Gasteiger partial charge in [0.25, 0.3) is 11.8 Å². The standard InChI is InChI=1S/C21H24N2O2/c1-22-20(24)17-11-7-15(8-12-17)16-9-13-18(14-10-16)21(25)23(2)19-5-3-4-6-19/h7-14,19H,3-6H2,1-2H3,(H,22,24). The van der Waals surface area contributed by atoms with E-state index in [1.54, 1.807) is 19.2 Å². The van der Waals surface area contributed by atoms with Gasteiger partial charge >= 0.3 is 0 Å². The highest BCUT2D eigenvalue weighted by molar-refractivity contribution is 5.95. The second-order valence-corrected chi connectivity index (χ2v) is 6.59. The number of carbonyl (C=O) groups is 2. The predicted octanol–water partition coefficient (Wildman–Crippen LogP) is 3.73. The summed E-state index contributed by atoms with van der Waals surface area (Å²) in [6.07, 6.45) is 4.65. The predicted molar refractivity (Wildman–Crippen MR) is 99.6 cm³/mol. The van der Waals surface area contributed by atoms with Crippen molar-refractivity contribution in [2.45, 2.75) is 31.7 Å². The van der Waals surface area contributed by atoms with Crippen molar-refractivity contribution in [2.75, 3.05) is 14.1 Å². The van der Waals surface area contributed by atoms with Crippen LogP contribution in [-0.4, -0.2) is 36.9 Å². The second kappa shape index (κ2) is 7.51. The van der Waals surface area contributed by atoms with Crippen LogP contribution in [0.5, 0.6) is 0 Å². The Morgan fingerprint density at radius 3 is 1.84 bits per heavy atom. The van der Waals surface area contributed by atoms with E-state index in [0.29, 0.717) is 11.6 Å². The van der Waals surface area contributed by atoms with Crippen molar-refractivity contribution < 1.29 is 9.59 Å². The summed E-state index contributed by atoms with van der Waals surface area (Å²) < 4.78 is 0. The zero-order chi connectivity index (χ0) is 17.8. The van der Waals surface area contributed by atoms with Crippen LogP contribution in [0, 0.1) is 0 Å². The fraction of sp³-hybridized carbons (Fsp3) is 0.333. The summed E-state index contributed by atoms with van der Waals surface area (Å²) in [5.74, 6) is -0.00383. The fourth-order valence-electron chi connectivity index (χ4n) is 3.42. The molecule has 0 aromatic heterocycles. The van der Waals surface area contributed by atoms with E-state index in [9.17, 15) is 9.59 Å². The minimum absolute atomic E-state index is 0.0911. The molecule has 4 nitrogen and oxygen atoms in total. The van der Waals surface area contributed by atoms with Gasteiger partial charge in [-0.25, -0.2) is 0 Å². The van der Waals surface area contributed by atoms with Gasteiger partial charge in [0.15, 0.2) is 0 Å². The van der Waals surface area contributed by atoms with Crippen molar-refractivity contribution in [3.05, 3.63) is 59.7 Å². The van der Waals surface area contributed by atoms with Crippen LogP contribution in [-0.2, 0) is 0 Å². The van der Waals surface area contributed by atoms with Crippen LogP contribution >= 0.6 is 0 Å². The number of hydrogen-bond acceptors (Lipinski definition) is 2. The van der Waals surface area contributed by atoms with E-state index in [-0.39, 0.29) is 11.8 Å². The summed E-state index contributed by atoms with van der Waals surface area (Å²) in [6.45, 7) is 0. The molecule has 0 aliphatic heterocycles. The first-order chi connectivity index (χ1) is 12.1. The number of nitrogens with one attached hydrogen (secondary N) is 1. The molecule has 0 spiro atoms. The van der Waals surface area contributed by atoms with E-state index in [0.717, 1.165) is 29.5 Å². The van der Waals surface area contributed by atoms with Crippen LogP contribution in [0.2, 0.25) is 0 Å². The molecule has 1 saturated carbocycles. The van der Waals surface area contributed by atoms with Crippen LogP contribution < -0.4 is 5.32 Å². The molecule has 25 heavy (non-hydrogen) atoms. The van der Waals surface area contributed by atoms with Gasteiger partial charge in [-0.05, 0) is 48.2 Å². The van der Waals surface area contributed by atoms with Crippen molar-refractivity contribution in [1.29, 1.82) is 0 Å². The molecule has 130 valence electrons. The highest BCUT2D eigenvalue weighted by Gasteiger charge is 2.24. The topological polar surface area (TPSA) is 49.4 Å². The summed E-state index contributed by atoms with van der Waals surface area (Å²) in [6, 6.07) is 15.5. The molecule has 3 rings (SSSR count). The Morgan fingerprint density at radius 1 is 0.880 bits per heavy atom. The SMILES string of the molecule is CNC(=O)c1ccc(-c2ccc(C(=O)N(C)C3CCCC3)cc2)cc1. The Balaban J connectivity index is 1.73. The maximum absolute atomic E-state index is 12.6. The zero-order valence-corrected chi connectivity index (χ0v) is 14.8. The molecule has 0 bridgehead atoms. The van der Waals surface area contributed by atoms with E-state index < -0.39 is 0 Å². The molecule has 0 heterocycles. The first-order valence-electron chi connectivity index (χ1n) is 8.80. The molecular weight excluding hydrogens is 312 g/mol. The van der Waals surface area contributed by atoms with Crippen molar-refractivity contribution in [3.8, 4) is 11.1 Å². The Morgan fingerprint density at radius 2 is 1.36 bits per heavy atom. The number of hydrogen-bond donors (Lipinski definition) is 1. The van der Waals surface area contributed by atoms with E-state index in [1.165, 1.54) is 12.8 Å². The van der Waals surface area contributed by atoms with Gasteiger partial charge in [-0.15, -0.1) is 0 Å². The summed E-state index contributed by atoms with van der Waals surface area (Å²) in [7, 11) is 3.53. The highest BCUT2D eigenvalue weighted by atomic mass is 16.2. The molecule has 1 fully saturated rings. The number of amides is 2. The fourth-order valence-corrected chi connectivity index (χ4v) is 3.42. The van der Waals surface area contributed by atoms with Gasteiger partial charge in [0.2, 0.25) is 0 Å². The first-order valence-corrected chi connectivity index (χ1v) is 8.80. The van der Waals surface area contributed by atoms with Crippen molar-refractivity contribution in [3.63, 3.8) is 0 Å². The van der Waals surface area contributed by atoms with E-state index in [4.69, 9.17) is 0 Å². The average Bonchev–Trinajstić information content (AvgIpc) is 3.21. The summed E-state index contributed by atoms with van der Waals surface area (Å²) in [5.41, 5.74) is 3.41. The molecule has 2 aromatic carbocycles. The zero-order valence-electron chi connectivity index (χ0n) is 14.8. The van der Waals surface area contributed by atoms with E-state index in [1.807, 2.05) is 48.3 Å². The number of benzene rings is 2. The smallest absolute Gasteiger partial charge is 0.253 e. The molecule has 4 heteroatoms. The highest BCUT2D eigenvalue weighted by Crippen LogP contribution is 2.25. The third kappa shape index (κ3) is 3.73. The monoisotopic (exact) mass is 336 g/mol. The summed E-state index contributed by atoms with van der Waals surface area (Å²) in [5, 5.41) is 2.61. The second-order valence-electron chi connectivity index (χ2n) is 6.59. The lowest BCUT2D eigenvalue weighted by molar-refractivity contribution is 0.0735. The van der Waals surface area contributed by atoms with Crippen LogP contribution in [0.3, 0.4) is 0 Å². The molecular formula is C21H24N2O2. The van der Waals surface area contributed by atoms with Gasteiger partial charge in [-0.2, -0.15) is 0 Å². The van der Waals surface area contributed by atoms with Crippen LogP contribution in [0.4, 0.5) is 0 Å². The van der Waals surface area contributed by atoms with Crippen LogP contribution in [0.25, 0.3) is 11.1 Å². The Kier molecular flexibility index (Phi) is 5.17. The van der Waals surface area contributed by atoms with Gasteiger partial charge in [-0.3, -0.25) is 9.59 Å². The van der Waals surface area contributed by atoms with Gasteiger partial charge in [-0.1, -0.05) is 37.1 Å². The molecule has 0 radical (unpaired) electrons. The minimum Gasteiger partial charge on any atom is -0.355 e. The maximum Gasteiger partial charge on any atom is 0.253 e. The molecule has 2 aromatic rings.